The van der Waals surface area contributed by atoms with Crippen LogP contribution in [0, 0.1) is 0 Å². The van der Waals surface area contributed by atoms with Crippen molar-refractivity contribution in [3.8, 4) is 5.75 Å². The molecule has 12 heteroatoms. The zero-order valence-electron chi connectivity index (χ0n) is 30.7. The van der Waals surface area contributed by atoms with Gasteiger partial charge in [-0.15, -0.1) is 0 Å². The fraction of sp³-hybridized carbons (Fsp3) is 0.781. The number of rotatable bonds is 16. The summed E-state index contributed by atoms with van der Waals surface area (Å²) >= 11 is 8.91. The van der Waals surface area contributed by atoms with Crippen LogP contribution in [0.15, 0.2) is 29.4 Å². The number of methoxy groups -OCH3 is 1. The number of benzene rings is 1. The van der Waals surface area contributed by atoms with Crippen LogP contribution in [0.25, 0.3) is 0 Å². The van der Waals surface area contributed by atoms with E-state index in [2.05, 4.69) is 158 Å². The van der Waals surface area contributed by atoms with Gasteiger partial charge in [0.05, 0.1) is 7.11 Å². The molecule has 0 aromatic heterocycles. The average molecular weight is 705 g/mol. The number of nitrogens with zero attached hydrogens (tertiary/aromatic N) is 6. The van der Waals surface area contributed by atoms with Gasteiger partial charge in [-0.05, 0) is 146 Å². The van der Waals surface area contributed by atoms with Crippen molar-refractivity contribution in [2.45, 2.75) is 159 Å². The average Bonchev–Trinajstić information content (AvgIpc) is 3.23. The third kappa shape index (κ3) is 9.00. The summed E-state index contributed by atoms with van der Waals surface area (Å²) in [5.74, 6) is 0.852. The topological polar surface area (TPSA) is 37.8 Å². The van der Waals surface area contributed by atoms with E-state index in [0.717, 1.165) is 5.75 Å². The normalized spacial score (nSPS) is 18.4. The first-order chi connectivity index (χ1) is 20.3. The first kappa shape index (κ1) is 40.4. The first-order valence-corrected chi connectivity index (χ1v) is 23.0. The Balaban J connectivity index is 3.05. The predicted octanol–water partition coefficient (Wildman–Crippen LogP) is 9.96. The van der Waals surface area contributed by atoms with E-state index in [1.807, 2.05) is 11.4 Å². The number of hydrazone groups is 1. The highest BCUT2D eigenvalue weighted by Gasteiger charge is 2.51. The summed E-state index contributed by atoms with van der Waals surface area (Å²) in [4.78, 5) is 1.19. The third-order valence-corrected chi connectivity index (χ3v) is 23.0. The summed E-state index contributed by atoms with van der Waals surface area (Å²) in [6, 6.07) is 11.3. The van der Waals surface area contributed by atoms with E-state index in [9.17, 15) is 0 Å². The van der Waals surface area contributed by atoms with Crippen LogP contribution in [0.3, 0.4) is 0 Å². The van der Waals surface area contributed by atoms with Gasteiger partial charge in [0.2, 0.25) is 0 Å². The van der Waals surface area contributed by atoms with E-state index < -0.39 is 22.0 Å². The Morgan fingerprint density at radius 3 is 1.27 bits per heavy atom. The van der Waals surface area contributed by atoms with Gasteiger partial charge in [-0.25, -0.2) is 13.9 Å². The van der Waals surface area contributed by atoms with Gasteiger partial charge in [0.15, 0.2) is 13.2 Å². The van der Waals surface area contributed by atoms with Crippen LogP contribution in [0.2, 0.25) is 0 Å². The van der Waals surface area contributed by atoms with E-state index in [-0.39, 0.29) is 0 Å². The highest BCUT2D eigenvalue weighted by Crippen LogP contribution is 2.79. The van der Waals surface area contributed by atoms with Gasteiger partial charge in [0, 0.05) is 53.6 Å². The quantitative estimate of drug-likeness (QED) is 0.158. The Labute approximate surface area is 283 Å². The fourth-order valence-electron chi connectivity index (χ4n) is 6.16. The van der Waals surface area contributed by atoms with Crippen molar-refractivity contribution in [3.63, 3.8) is 0 Å². The minimum atomic E-state index is -2.46. The van der Waals surface area contributed by atoms with Crippen LogP contribution in [0.4, 0.5) is 0 Å². The highest BCUT2D eigenvalue weighted by molar-refractivity contribution is 8.80. The Bertz CT molecular complexity index is 1040. The number of hydrogen-bond acceptors (Lipinski definition) is 8. The van der Waals surface area contributed by atoms with Crippen molar-refractivity contribution in [1.82, 2.24) is 23.2 Å². The van der Waals surface area contributed by atoms with Crippen molar-refractivity contribution in [2.75, 3.05) is 7.11 Å². The number of ether oxygens (including phenoxy) is 1. The molecule has 254 valence electrons. The molecule has 0 radical (unpaired) electrons. The molecule has 1 unspecified atom stereocenters. The zero-order chi connectivity index (χ0) is 33.8. The van der Waals surface area contributed by atoms with E-state index >= 15 is 0 Å². The SMILES string of the molecule is COc1ccc(P2(=S)SC(P(N(C(C)C)C(C)C)N(C(C)C)C(C)C)=NN2P(N(C(C)C)C(C)C)N(C(C)C)C(C)C)cc1. The van der Waals surface area contributed by atoms with Gasteiger partial charge >= 0.3 is 0 Å². The molecular weight excluding hydrogens is 641 g/mol. The maximum Gasteiger partial charge on any atom is 0.172 e. The van der Waals surface area contributed by atoms with E-state index in [4.69, 9.17) is 21.6 Å². The van der Waals surface area contributed by atoms with Crippen LogP contribution in [0.1, 0.15) is 111 Å². The Morgan fingerprint density at radius 1 is 0.636 bits per heavy atom. The Morgan fingerprint density at radius 2 is 0.977 bits per heavy atom. The molecule has 0 amide bonds. The van der Waals surface area contributed by atoms with Gasteiger partial charge in [-0.2, -0.15) is 5.10 Å². The summed E-state index contributed by atoms with van der Waals surface area (Å²) in [7, 11) is -0.224. The standard InChI is InChI=1S/C32H63N6OP3S2/c1-22(2)34(23(3)4)40(35(24(5)6)25(7)8)32-33-38(42(43,44-32)31-20-18-30(39-17)19-21-31)41(36(26(9)10)27(11)12)37(28(13)14)29(15)16/h18-29H,1-17H3. The van der Waals surface area contributed by atoms with Crippen LogP contribution in [-0.2, 0) is 11.8 Å². The molecule has 1 aromatic rings. The molecule has 7 nitrogen and oxygen atoms in total. The largest absolute Gasteiger partial charge is 0.497 e. The third-order valence-electron chi connectivity index (χ3n) is 7.43. The van der Waals surface area contributed by atoms with Crippen LogP contribution >= 0.6 is 33.4 Å². The molecule has 1 aliphatic heterocycles. The molecule has 1 aromatic carbocycles. The monoisotopic (exact) mass is 704 g/mol. The van der Waals surface area contributed by atoms with Crippen LogP contribution < -0.4 is 10.0 Å². The smallest absolute Gasteiger partial charge is 0.172 e. The van der Waals surface area contributed by atoms with Gasteiger partial charge in [0.25, 0.3) is 0 Å². The van der Waals surface area contributed by atoms with E-state index in [1.165, 1.54) is 10.1 Å². The lowest BCUT2D eigenvalue weighted by atomic mass is 10.3. The second kappa shape index (κ2) is 17.0. The van der Waals surface area contributed by atoms with E-state index in [0.29, 0.717) is 48.3 Å². The van der Waals surface area contributed by atoms with Crippen molar-refractivity contribution in [1.29, 1.82) is 0 Å². The van der Waals surface area contributed by atoms with Crippen molar-refractivity contribution < 1.29 is 4.74 Å². The zero-order valence-corrected chi connectivity index (χ0v) is 35.0. The summed E-state index contributed by atoms with van der Waals surface area (Å²) in [6.45, 7) is 37.2. The molecule has 0 N–H and O–H groups in total. The summed E-state index contributed by atoms with van der Waals surface area (Å²) < 4.78 is 18.8. The molecule has 1 heterocycles. The molecule has 2 rings (SSSR count). The second-order valence-electron chi connectivity index (χ2n) is 13.8. The summed E-state index contributed by atoms with van der Waals surface area (Å²) in [5, 5.41) is 4.54. The molecule has 0 saturated heterocycles. The van der Waals surface area contributed by atoms with Gasteiger partial charge in [-0.3, -0.25) is 9.34 Å². The minimum Gasteiger partial charge on any atom is -0.497 e. The molecule has 0 fully saturated rings. The van der Waals surface area contributed by atoms with E-state index in [1.54, 1.807) is 7.11 Å². The molecule has 0 saturated carbocycles. The van der Waals surface area contributed by atoms with Crippen molar-refractivity contribution >= 4 is 55.3 Å². The lowest BCUT2D eigenvalue weighted by Crippen LogP contribution is -2.46. The molecular formula is C32H63N6OP3S2. The molecule has 44 heavy (non-hydrogen) atoms. The first-order valence-electron chi connectivity index (χ1n) is 16.4. The van der Waals surface area contributed by atoms with Gasteiger partial charge in [0.1, 0.15) is 19.4 Å². The molecule has 1 aliphatic rings. The van der Waals surface area contributed by atoms with Crippen LogP contribution in [0.5, 0.6) is 5.75 Å². The second-order valence-corrected chi connectivity index (χ2v) is 25.1. The molecule has 0 bridgehead atoms. The Hall–Kier alpha value is 0.190. The van der Waals surface area contributed by atoms with Crippen LogP contribution in [-0.4, -0.2) is 83.5 Å². The predicted molar refractivity (Wildman–Crippen MR) is 206 cm³/mol. The molecule has 1 atom stereocenters. The minimum absolute atomic E-state index is 0.330. The Kier molecular flexibility index (Phi) is 15.6. The van der Waals surface area contributed by atoms with Gasteiger partial charge in [-0.1, -0.05) is 11.8 Å². The van der Waals surface area contributed by atoms with Crippen molar-refractivity contribution in [3.05, 3.63) is 24.3 Å². The fourth-order valence-corrected chi connectivity index (χ4v) is 22.0. The van der Waals surface area contributed by atoms with Gasteiger partial charge < -0.3 is 4.74 Å². The molecule has 0 aliphatic carbocycles. The maximum absolute atomic E-state index is 7.01. The molecule has 0 spiro atoms. The van der Waals surface area contributed by atoms with Crippen molar-refractivity contribution in [2.24, 2.45) is 5.10 Å². The maximum atomic E-state index is 7.01. The summed E-state index contributed by atoms with van der Waals surface area (Å²) in [5.41, 5.74) is 0. The summed E-state index contributed by atoms with van der Waals surface area (Å²) in [6.07, 6.45) is 0. The lowest BCUT2D eigenvalue weighted by molar-refractivity contribution is 0.242. The lowest BCUT2D eigenvalue weighted by Gasteiger charge is -2.50. The number of hydrogen-bond donors (Lipinski definition) is 0. The highest BCUT2D eigenvalue weighted by atomic mass is 32.9.